The molecular weight excluding hydrogens is 238 g/mol. The normalized spacial score (nSPS) is 19.9. The monoisotopic (exact) mass is 259 g/mol. The van der Waals surface area contributed by atoms with Gasteiger partial charge in [0.15, 0.2) is 0 Å². The van der Waals surface area contributed by atoms with E-state index in [1.54, 1.807) is 7.11 Å². The molecule has 1 aliphatic carbocycles. The van der Waals surface area contributed by atoms with Crippen LogP contribution in [-0.2, 0) is 9.53 Å². The molecule has 0 fully saturated rings. The third-order valence-electron chi connectivity index (χ3n) is 3.56. The van der Waals surface area contributed by atoms with Crippen molar-refractivity contribution in [3.05, 3.63) is 48.0 Å². The van der Waals surface area contributed by atoms with E-state index < -0.39 is 0 Å². The van der Waals surface area contributed by atoms with E-state index >= 15 is 0 Å². The van der Waals surface area contributed by atoms with E-state index in [0.29, 0.717) is 6.54 Å². The predicted molar refractivity (Wildman–Crippen MR) is 75.7 cm³/mol. The molecule has 3 heteroatoms. The number of nitrogens with one attached hydrogen (secondary N) is 1. The molecule has 1 aromatic rings. The highest BCUT2D eigenvalue weighted by Gasteiger charge is 2.19. The zero-order chi connectivity index (χ0) is 13.5. The van der Waals surface area contributed by atoms with Gasteiger partial charge in [0.05, 0.1) is 6.10 Å². The zero-order valence-electron chi connectivity index (χ0n) is 11.3. The Labute approximate surface area is 114 Å². The third-order valence-corrected chi connectivity index (χ3v) is 3.56. The fourth-order valence-electron chi connectivity index (χ4n) is 2.37. The van der Waals surface area contributed by atoms with Gasteiger partial charge in [0, 0.05) is 19.6 Å². The third kappa shape index (κ3) is 3.93. The molecule has 19 heavy (non-hydrogen) atoms. The van der Waals surface area contributed by atoms with Crippen LogP contribution in [0.3, 0.4) is 0 Å². The summed E-state index contributed by atoms with van der Waals surface area (Å²) in [5.74, 6) is 0.264. The van der Waals surface area contributed by atoms with Crippen LogP contribution in [-0.4, -0.2) is 19.6 Å². The van der Waals surface area contributed by atoms with Gasteiger partial charge in [0.2, 0.25) is 5.91 Å². The van der Waals surface area contributed by atoms with Gasteiger partial charge in [0.25, 0.3) is 0 Å². The highest BCUT2D eigenvalue weighted by molar-refractivity contribution is 5.79. The second-order valence-corrected chi connectivity index (χ2v) is 4.86. The molecule has 2 unspecified atom stereocenters. The van der Waals surface area contributed by atoms with Gasteiger partial charge in [-0.3, -0.25) is 4.79 Å². The Balaban J connectivity index is 1.86. The molecule has 2 rings (SSSR count). The standard InChI is InChI=1S/C16H21NO2/c1-19-15(13-8-4-2-5-9-13)12-17-16(18)14-10-6-3-7-11-14/h2-6,8-9,14-15H,7,10-12H2,1H3,(H,17,18). The fourth-order valence-corrected chi connectivity index (χ4v) is 2.37. The number of hydrogen-bond donors (Lipinski definition) is 1. The number of benzene rings is 1. The lowest BCUT2D eigenvalue weighted by atomic mass is 9.93. The minimum Gasteiger partial charge on any atom is -0.375 e. The Morgan fingerprint density at radius 3 is 2.79 bits per heavy atom. The molecule has 0 radical (unpaired) electrons. The molecule has 0 saturated carbocycles. The number of carbonyl (C=O) groups excluding carboxylic acids is 1. The Morgan fingerprint density at radius 1 is 1.37 bits per heavy atom. The van der Waals surface area contributed by atoms with Gasteiger partial charge in [-0.05, 0) is 24.8 Å². The first kappa shape index (κ1) is 13.8. The van der Waals surface area contributed by atoms with Gasteiger partial charge in [-0.25, -0.2) is 0 Å². The molecular formula is C16H21NO2. The zero-order valence-corrected chi connectivity index (χ0v) is 11.3. The van der Waals surface area contributed by atoms with Crippen LogP contribution in [0, 0.1) is 5.92 Å². The summed E-state index contributed by atoms with van der Waals surface area (Å²) in [6, 6.07) is 9.97. The minimum atomic E-state index is -0.0794. The van der Waals surface area contributed by atoms with Crippen molar-refractivity contribution in [2.45, 2.75) is 25.4 Å². The minimum absolute atomic E-state index is 0.0794. The summed E-state index contributed by atoms with van der Waals surface area (Å²) in [6.07, 6.45) is 6.97. The van der Waals surface area contributed by atoms with Crippen molar-refractivity contribution in [2.24, 2.45) is 5.92 Å². The van der Waals surface area contributed by atoms with Crippen molar-refractivity contribution in [2.75, 3.05) is 13.7 Å². The number of methoxy groups -OCH3 is 1. The number of amides is 1. The van der Waals surface area contributed by atoms with Crippen LogP contribution >= 0.6 is 0 Å². The summed E-state index contributed by atoms with van der Waals surface area (Å²) in [5.41, 5.74) is 1.09. The first-order valence-corrected chi connectivity index (χ1v) is 6.81. The molecule has 1 N–H and O–H groups in total. The lowest BCUT2D eigenvalue weighted by Crippen LogP contribution is -2.34. The van der Waals surface area contributed by atoms with Gasteiger partial charge in [-0.15, -0.1) is 0 Å². The Hall–Kier alpha value is -1.61. The van der Waals surface area contributed by atoms with E-state index in [0.717, 1.165) is 24.8 Å². The highest BCUT2D eigenvalue weighted by Crippen LogP contribution is 2.19. The molecule has 102 valence electrons. The van der Waals surface area contributed by atoms with E-state index in [1.807, 2.05) is 30.3 Å². The van der Waals surface area contributed by atoms with E-state index in [2.05, 4.69) is 17.5 Å². The van der Waals surface area contributed by atoms with Gasteiger partial charge in [0.1, 0.15) is 0 Å². The van der Waals surface area contributed by atoms with Gasteiger partial charge >= 0.3 is 0 Å². The van der Waals surface area contributed by atoms with E-state index in [4.69, 9.17) is 4.74 Å². The van der Waals surface area contributed by atoms with Gasteiger partial charge < -0.3 is 10.1 Å². The number of carbonyl (C=O) groups is 1. The maximum atomic E-state index is 12.0. The smallest absolute Gasteiger partial charge is 0.223 e. The Morgan fingerprint density at radius 2 is 2.16 bits per heavy atom. The van der Waals surface area contributed by atoms with Crippen LogP contribution < -0.4 is 5.32 Å². The molecule has 0 spiro atoms. The first-order chi connectivity index (χ1) is 9.31. The molecule has 0 heterocycles. The second-order valence-electron chi connectivity index (χ2n) is 4.86. The summed E-state index contributed by atoms with van der Waals surface area (Å²) in [4.78, 5) is 12.0. The SMILES string of the molecule is COC(CNC(=O)C1CC=CCC1)c1ccccc1. The van der Waals surface area contributed by atoms with Crippen molar-refractivity contribution in [1.82, 2.24) is 5.32 Å². The summed E-state index contributed by atoms with van der Waals surface area (Å²) >= 11 is 0. The number of rotatable bonds is 5. The van der Waals surface area contributed by atoms with Gasteiger partial charge in [-0.2, -0.15) is 0 Å². The Bertz CT molecular complexity index is 428. The maximum Gasteiger partial charge on any atom is 0.223 e. The maximum absolute atomic E-state index is 12.0. The number of allylic oxidation sites excluding steroid dienone is 2. The average molecular weight is 259 g/mol. The van der Waals surface area contributed by atoms with Crippen molar-refractivity contribution in [1.29, 1.82) is 0 Å². The van der Waals surface area contributed by atoms with Crippen LogP contribution in [0.4, 0.5) is 0 Å². The molecule has 2 atom stereocenters. The molecule has 1 aliphatic rings. The number of ether oxygens (including phenoxy) is 1. The molecule has 1 aromatic carbocycles. The van der Waals surface area contributed by atoms with Crippen LogP contribution in [0.15, 0.2) is 42.5 Å². The Kier molecular flexibility index (Phi) is 5.16. The van der Waals surface area contributed by atoms with Crippen LogP contribution in [0.5, 0.6) is 0 Å². The van der Waals surface area contributed by atoms with E-state index in [1.165, 1.54) is 0 Å². The predicted octanol–water partition coefficient (Wildman–Crippen LogP) is 2.85. The average Bonchev–Trinajstić information content (AvgIpc) is 2.49. The van der Waals surface area contributed by atoms with Crippen molar-refractivity contribution in [3.8, 4) is 0 Å². The lowest BCUT2D eigenvalue weighted by molar-refractivity contribution is -0.125. The topological polar surface area (TPSA) is 38.3 Å². The summed E-state index contributed by atoms with van der Waals surface area (Å²) < 4.78 is 5.45. The summed E-state index contributed by atoms with van der Waals surface area (Å²) in [6.45, 7) is 0.527. The molecule has 1 amide bonds. The highest BCUT2D eigenvalue weighted by atomic mass is 16.5. The van der Waals surface area contributed by atoms with E-state index in [9.17, 15) is 4.79 Å². The van der Waals surface area contributed by atoms with Crippen molar-refractivity contribution < 1.29 is 9.53 Å². The molecule has 0 aliphatic heterocycles. The molecule has 0 saturated heterocycles. The van der Waals surface area contributed by atoms with Crippen molar-refractivity contribution in [3.63, 3.8) is 0 Å². The van der Waals surface area contributed by atoms with E-state index in [-0.39, 0.29) is 17.9 Å². The van der Waals surface area contributed by atoms with Crippen LogP contribution in [0.2, 0.25) is 0 Å². The largest absolute Gasteiger partial charge is 0.375 e. The molecule has 0 aromatic heterocycles. The van der Waals surface area contributed by atoms with Crippen molar-refractivity contribution >= 4 is 5.91 Å². The molecule has 0 bridgehead atoms. The number of hydrogen-bond acceptors (Lipinski definition) is 2. The lowest BCUT2D eigenvalue weighted by Gasteiger charge is -2.20. The second kappa shape index (κ2) is 7.10. The fraction of sp³-hybridized carbons (Fsp3) is 0.438. The first-order valence-electron chi connectivity index (χ1n) is 6.81. The summed E-state index contributed by atoms with van der Waals surface area (Å²) in [5, 5.41) is 3.00. The van der Waals surface area contributed by atoms with Crippen LogP contribution in [0.1, 0.15) is 30.9 Å². The quantitative estimate of drug-likeness (QED) is 0.826. The van der Waals surface area contributed by atoms with Crippen LogP contribution in [0.25, 0.3) is 0 Å². The summed E-state index contributed by atoms with van der Waals surface area (Å²) in [7, 11) is 1.67. The molecule has 3 nitrogen and oxygen atoms in total. The van der Waals surface area contributed by atoms with Gasteiger partial charge in [-0.1, -0.05) is 42.5 Å².